The van der Waals surface area contributed by atoms with E-state index in [9.17, 15) is 0 Å². The maximum Gasteiger partial charge on any atom is -0.147 e. The molecule has 6 aromatic carbocycles. The molecule has 0 spiro atoms. The normalized spacial score (nSPS) is 17.2. The molecule has 0 heterocycles. The van der Waals surface area contributed by atoms with Gasteiger partial charge in [-0.3, -0.25) is 0 Å². The van der Waals surface area contributed by atoms with Crippen LogP contribution < -0.4 is 0 Å². The van der Waals surface area contributed by atoms with Crippen LogP contribution in [0.2, 0.25) is 48.5 Å². The molecule has 0 aliphatic heterocycles. The van der Waals surface area contributed by atoms with Crippen LogP contribution in [0.5, 0.6) is 0 Å². The predicted molar refractivity (Wildman–Crippen MR) is 242 cm³/mol. The Balaban J connectivity index is 0.00000232. The summed E-state index contributed by atoms with van der Waals surface area (Å²) in [5.41, 5.74) is 11.7. The SMILES string of the molecule is C[Si](C)(C)C1=Cc2c(-c3cccc4ccccc34)cccc2[CH]1[Zr]([CH3])([CH3])(=[SiH2])[CH]1C([Si](C)(C)C)=Cc2c(-c3cccc4ccccc34)cccc21.Cl.Cl. The third-order valence-corrected chi connectivity index (χ3v) is 34.9. The molecule has 2 unspecified atom stereocenters. The Bertz CT molecular complexity index is 2330. The molecule has 0 nitrogen and oxygen atoms in total. The molecule has 2 aliphatic carbocycles. The summed E-state index contributed by atoms with van der Waals surface area (Å²) in [6.45, 7) is 18.1. The van der Waals surface area contributed by atoms with Crippen LogP contribution in [-0.4, -0.2) is 23.0 Å². The molecule has 0 saturated carbocycles. The summed E-state index contributed by atoms with van der Waals surface area (Å²) in [5.74, 6) is 0. The van der Waals surface area contributed by atoms with Gasteiger partial charge in [0, 0.05) is 0 Å². The fraction of sp³-hybridized carbons (Fsp3) is 0.217. The number of hydrogen-bond acceptors (Lipinski definition) is 0. The third-order valence-electron chi connectivity index (χ3n) is 11.9. The molecule has 0 radical (unpaired) electrons. The monoisotopic (exact) mass is 848 g/mol. The number of rotatable bonds is 6. The molecule has 6 heteroatoms. The molecule has 6 aromatic rings. The van der Waals surface area contributed by atoms with Gasteiger partial charge in [0.15, 0.2) is 0 Å². The van der Waals surface area contributed by atoms with Gasteiger partial charge in [-0.15, -0.1) is 24.8 Å². The maximum atomic E-state index is 2.84. The van der Waals surface area contributed by atoms with Crippen molar-refractivity contribution in [2.24, 2.45) is 0 Å². The number of allylic oxidation sites excluding steroid dienone is 2. The Morgan fingerprint density at radius 2 is 0.769 bits per heavy atom. The minimum atomic E-state index is -3.86. The fourth-order valence-corrected chi connectivity index (χ4v) is 45.0. The van der Waals surface area contributed by atoms with Crippen LogP contribution in [0.25, 0.3) is 56.0 Å². The first-order chi connectivity index (χ1) is 23.6. The topological polar surface area (TPSA) is 0 Å². The van der Waals surface area contributed by atoms with Gasteiger partial charge >= 0.3 is 306 Å². The molecule has 266 valence electrons. The molecule has 0 saturated heterocycles. The average Bonchev–Trinajstić information content (AvgIpc) is 3.70. The van der Waals surface area contributed by atoms with Crippen molar-refractivity contribution in [2.75, 3.05) is 0 Å². The molecule has 0 amide bonds. The summed E-state index contributed by atoms with van der Waals surface area (Å²) < 4.78 is 6.72. The van der Waals surface area contributed by atoms with Crippen LogP contribution in [0.3, 0.4) is 0 Å². The van der Waals surface area contributed by atoms with E-state index in [-0.39, 0.29) is 24.8 Å². The van der Waals surface area contributed by atoms with Crippen LogP contribution in [0.4, 0.5) is 0 Å². The maximum absolute atomic E-state index is 3.86. The van der Waals surface area contributed by atoms with Crippen LogP contribution >= 0.6 is 24.8 Å². The predicted octanol–water partition coefficient (Wildman–Crippen LogP) is 13.8. The molecule has 2 aliphatic rings. The van der Waals surface area contributed by atoms with Crippen molar-refractivity contribution in [1.29, 1.82) is 0 Å². The molecule has 0 bridgehead atoms. The third kappa shape index (κ3) is 6.30. The quantitative estimate of drug-likeness (QED) is 0.147. The van der Waals surface area contributed by atoms with E-state index >= 15 is 0 Å². The molecule has 2 atom stereocenters. The van der Waals surface area contributed by atoms with E-state index in [1.807, 2.05) is 0 Å². The summed E-state index contributed by atoms with van der Waals surface area (Å²) >= 11 is -3.86. The first kappa shape index (κ1) is 39.1. The second kappa shape index (κ2) is 13.6. The van der Waals surface area contributed by atoms with E-state index in [1.165, 1.54) is 54.9 Å². The van der Waals surface area contributed by atoms with Gasteiger partial charge in [0.2, 0.25) is 0 Å². The van der Waals surface area contributed by atoms with Crippen LogP contribution in [-0.2, 0) is 17.4 Å². The van der Waals surface area contributed by atoms with Crippen molar-refractivity contribution >= 4 is 81.5 Å². The minimum absolute atomic E-state index is 0. The Morgan fingerprint density at radius 3 is 1.15 bits per heavy atom. The van der Waals surface area contributed by atoms with Gasteiger partial charge in [-0.2, -0.15) is 0 Å². The summed E-state index contributed by atoms with van der Waals surface area (Å²) in [6, 6.07) is 46.1. The van der Waals surface area contributed by atoms with E-state index in [1.54, 1.807) is 21.5 Å². The zero-order chi connectivity index (χ0) is 35.2. The van der Waals surface area contributed by atoms with Gasteiger partial charge in [-0.05, 0) is 0 Å². The second-order valence-electron chi connectivity index (χ2n) is 18.2. The second-order valence-corrected chi connectivity index (χ2v) is 58.8. The summed E-state index contributed by atoms with van der Waals surface area (Å²) in [6.07, 6.45) is 5.41. The van der Waals surface area contributed by atoms with Crippen molar-refractivity contribution in [2.45, 2.75) is 55.8 Å². The molecule has 8 rings (SSSR count). The largest absolute Gasteiger partial charge is 0.147 e. The van der Waals surface area contributed by atoms with Crippen molar-refractivity contribution in [1.82, 2.24) is 0 Å². The first-order valence-corrected chi connectivity index (χ1v) is 39.0. The van der Waals surface area contributed by atoms with Gasteiger partial charge in [0.05, 0.1) is 0 Å². The van der Waals surface area contributed by atoms with Gasteiger partial charge in [-0.1, -0.05) is 0 Å². The van der Waals surface area contributed by atoms with E-state index in [0.29, 0.717) is 7.25 Å². The number of halogens is 2. The van der Waals surface area contributed by atoms with Gasteiger partial charge in [0.25, 0.3) is 0 Å². The van der Waals surface area contributed by atoms with Crippen LogP contribution in [0.1, 0.15) is 29.5 Å². The van der Waals surface area contributed by atoms with Crippen molar-refractivity contribution in [3.8, 4) is 22.3 Å². The summed E-state index contributed by atoms with van der Waals surface area (Å²) in [7, 11) is -3.43. The van der Waals surface area contributed by atoms with Crippen molar-refractivity contribution < 1.29 is 17.4 Å². The molecule has 0 aromatic heterocycles. The number of benzene rings is 6. The molecule has 0 N–H and O–H groups in total. The number of fused-ring (bicyclic) bond motifs is 4. The van der Waals surface area contributed by atoms with Crippen LogP contribution in [0.15, 0.2) is 132 Å². The van der Waals surface area contributed by atoms with E-state index < -0.39 is 33.5 Å². The van der Waals surface area contributed by atoms with E-state index in [2.05, 4.69) is 189 Å². The van der Waals surface area contributed by atoms with Crippen LogP contribution in [0, 0.1) is 0 Å². The smallest absolute Gasteiger partial charge is 0.147 e. The van der Waals surface area contributed by atoms with Crippen molar-refractivity contribution in [3.63, 3.8) is 0 Å². The van der Waals surface area contributed by atoms with Gasteiger partial charge < -0.3 is 0 Å². The fourth-order valence-electron chi connectivity index (χ4n) is 9.70. The van der Waals surface area contributed by atoms with Crippen molar-refractivity contribution in [3.05, 3.63) is 154 Å². The molecular weight excluding hydrogens is 799 g/mol. The Morgan fingerprint density at radius 1 is 0.442 bits per heavy atom. The molecule has 0 fully saturated rings. The average molecular weight is 851 g/mol. The Kier molecular flexibility index (Phi) is 10.3. The Hall–Kier alpha value is -2.57. The zero-order valence-electron chi connectivity index (χ0n) is 31.9. The summed E-state index contributed by atoms with van der Waals surface area (Å²) in [4.78, 5) is 0. The molecule has 52 heavy (non-hydrogen) atoms. The standard InChI is InChI=1S/2C22H21Si.2CH3.2ClH.H2Si.Zr/c2*1-23(2,3)18-14-17-10-7-13-21(22(17)15-18)20-12-6-9-16-8-4-5-11-19(16)20;;;;;;/h2*4-15H,1-3H3;2*1H3;2*1H;1H2;. The number of hydrogen-bond donors (Lipinski definition) is 0. The van der Waals surface area contributed by atoms with E-state index in [0.717, 1.165) is 0 Å². The van der Waals surface area contributed by atoms with Gasteiger partial charge in [-0.25, -0.2) is 0 Å². The molecular formula is C46H52Cl2Si3Zr. The summed E-state index contributed by atoms with van der Waals surface area (Å²) in [5, 5.41) is 8.88. The minimum Gasteiger partial charge on any atom is -0.147 e. The van der Waals surface area contributed by atoms with Gasteiger partial charge in [0.1, 0.15) is 0 Å². The van der Waals surface area contributed by atoms with E-state index in [4.69, 9.17) is 0 Å². The Labute approximate surface area is 328 Å². The zero-order valence-corrected chi connectivity index (χ0v) is 39.4. The first-order valence-electron chi connectivity index (χ1n) is 18.4.